The number of rotatable bonds is 4. The van der Waals surface area contributed by atoms with Gasteiger partial charge in [-0.05, 0) is 36.4 Å². The van der Waals surface area contributed by atoms with Crippen molar-refractivity contribution in [3.8, 4) is 11.8 Å². The molecule has 3 rings (SSSR count). The lowest BCUT2D eigenvalue weighted by atomic mass is 10.1. The number of nitrogens with one attached hydrogen (secondary N) is 1. The second-order valence-corrected chi connectivity index (χ2v) is 5.38. The Morgan fingerprint density at radius 3 is 2.42 bits per heavy atom. The van der Waals surface area contributed by atoms with Crippen LogP contribution in [0.15, 0.2) is 54.7 Å². The molecule has 8 nitrogen and oxygen atoms in total. The molecule has 0 aliphatic carbocycles. The van der Waals surface area contributed by atoms with E-state index in [-0.39, 0.29) is 16.9 Å². The summed E-state index contributed by atoms with van der Waals surface area (Å²) in [5, 5.41) is 15.6. The first-order valence-electron chi connectivity index (χ1n) is 7.55. The van der Waals surface area contributed by atoms with Crippen LogP contribution in [-0.4, -0.2) is 21.6 Å². The van der Waals surface area contributed by atoms with Crippen molar-refractivity contribution < 1.29 is 9.59 Å². The highest BCUT2D eigenvalue weighted by atomic mass is 16.2. The third kappa shape index (κ3) is 3.09. The first-order valence-corrected chi connectivity index (χ1v) is 7.55. The van der Waals surface area contributed by atoms with Crippen LogP contribution in [0.3, 0.4) is 0 Å². The maximum absolute atomic E-state index is 12.4. The van der Waals surface area contributed by atoms with Gasteiger partial charge in [-0.3, -0.25) is 9.59 Å². The molecule has 2 amide bonds. The fourth-order valence-electron chi connectivity index (χ4n) is 2.41. The minimum atomic E-state index is -0.626. The number of aromatic nitrogens is 2. The van der Waals surface area contributed by atoms with E-state index in [9.17, 15) is 9.59 Å². The van der Waals surface area contributed by atoms with Gasteiger partial charge in [0.05, 0.1) is 23.1 Å². The van der Waals surface area contributed by atoms with Crippen LogP contribution in [0.2, 0.25) is 0 Å². The largest absolute Gasteiger partial charge is 0.382 e. The van der Waals surface area contributed by atoms with E-state index in [0.717, 1.165) is 0 Å². The van der Waals surface area contributed by atoms with Gasteiger partial charge >= 0.3 is 0 Å². The highest BCUT2D eigenvalue weighted by Gasteiger charge is 2.13. The molecule has 0 bridgehead atoms. The Hall–Kier alpha value is -4.12. The number of carbonyl (C=O) groups excluding carboxylic acids is 2. The number of benzene rings is 2. The van der Waals surface area contributed by atoms with Crippen molar-refractivity contribution in [3.63, 3.8) is 0 Å². The molecule has 1 heterocycles. The molecule has 0 aliphatic heterocycles. The third-order valence-corrected chi connectivity index (χ3v) is 3.74. The summed E-state index contributed by atoms with van der Waals surface area (Å²) in [6.07, 6.45) is 1.37. The number of amides is 2. The molecule has 0 fully saturated rings. The van der Waals surface area contributed by atoms with Gasteiger partial charge in [0.2, 0.25) is 0 Å². The number of nitriles is 1. The Kier molecular flexibility index (Phi) is 4.36. The number of primary amides is 1. The zero-order valence-corrected chi connectivity index (χ0v) is 13.5. The van der Waals surface area contributed by atoms with Crippen LogP contribution < -0.4 is 16.8 Å². The topological polar surface area (TPSA) is 140 Å². The van der Waals surface area contributed by atoms with Gasteiger partial charge in [0, 0.05) is 5.56 Å². The maximum atomic E-state index is 12.4. The van der Waals surface area contributed by atoms with Crippen LogP contribution in [-0.2, 0) is 0 Å². The van der Waals surface area contributed by atoms with E-state index in [1.807, 2.05) is 6.07 Å². The predicted octanol–water partition coefficient (Wildman–Crippen LogP) is 1.68. The van der Waals surface area contributed by atoms with Gasteiger partial charge in [-0.1, -0.05) is 12.1 Å². The minimum Gasteiger partial charge on any atom is -0.382 e. The van der Waals surface area contributed by atoms with Gasteiger partial charge in [-0.15, -0.1) is 0 Å². The molecule has 1 aromatic heterocycles. The Balaban J connectivity index is 1.83. The van der Waals surface area contributed by atoms with Crippen molar-refractivity contribution in [1.82, 2.24) is 9.78 Å². The summed E-state index contributed by atoms with van der Waals surface area (Å²) in [7, 11) is 0. The molecule has 128 valence electrons. The van der Waals surface area contributed by atoms with Crippen molar-refractivity contribution in [2.45, 2.75) is 0 Å². The summed E-state index contributed by atoms with van der Waals surface area (Å²) in [5.74, 6) is -0.796. The molecule has 0 unspecified atom stereocenters. The zero-order chi connectivity index (χ0) is 18.7. The van der Waals surface area contributed by atoms with Crippen LogP contribution in [0.1, 0.15) is 26.3 Å². The van der Waals surface area contributed by atoms with E-state index < -0.39 is 11.8 Å². The Bertz CT molecular complexity index is 1030. The van der Waals surface area contributed by atoms with Crippen molar-refractivity contribution in [2.24, 2.45) is 5.73 Å². The molecule has 0 saturated heterocycles. The van der Waals surface area contributed by atoms with Crippen molar-refractivity contribution in [3.05, 3.63) is 71.4 Å². The first kappa shape index (κ1) is 16.7. The molecule has 0 spiro atoms. The number of hydrogen-bond acceptors (Lipinski definition) is 5. The molecule has 3 aromatic rings. The first-order chi connectivity index (χ1) is 12.5. The van der Waals surface area contributed by atoms with Gasteiger partial charge < -0.3 is 16.8 Å². The van der Waals surface area contributed by atoms with Crippen LogP contribution >= 0.6 is 0 Å². The monoisotopic (exact) mass is 346 g/mol. The average molecular weight is 346 g/mol. The summed E-state index contributed by atoms with van der Waals surface area (Å²) >= 11 is 0. The lowest BCUT2D eigenvalue weighted by Gasteiger charge is -2.09. The number of para-hydroxylation sites is 1. The van der Waals surface area contributed by atoms with Gasteiger partial charge in [0.1, 0.15) is 17.5 Å². The minimum absolute atomic E-state index is 0.222. The molecule has 8 heteroatoms. The second-order valence-electron chi connectivity index (χ2n) is 5.38. The van der Waals surface area contributed by atoms with Gasteiger partial charge in [-0.25, -0.2) is 4.68 Å². The lowest BCUT2D eigenvalue weighted by Crippen LogP contribution is -2.18. The summed E-state index contributed by atoms with van der Waals surface area (Å²) in [5.41, 5.74) is 13.0. The van der Waals surface area contributed by atoms with E-state index in [0.29, 0.717) is 16.9 Å². The highest BCUT2D eigenvalue weighted by molar-refractivity contribution is 6.08. The van der Waals surface area contributed by atoms with Crippen LogP contribution in [0.5, 0.6) is 0 Å². The van der Waals surface area contributed by atoms with E-state index in [4.69, 9.17) is 16.7 Å². The number of hydrogen-bond donors (Lipinski definition) is 3. The quantitative estimate of drug-likeness (QED) is 0.659. The zero-order valence-electron chi connectivity index (χ0n) is 13.5. The fourth-order valence-corrected chi connectivity index (χ4v) is 2.41. The van der Waals surface area contributed by atoms with Crippen molar-refractivity contribution in [1.29, 1.82) is 5.26 Å². The molecular weight excluding hydrogens is 332 g/mol. The van der Waals surface area contributed by atoms with Crippen LogP contribution in [0.25, 0.3) is 5.69 Å². The van der Waals surface area contributed by atoms with Gasteiger partial charge in [-0.2, -0.15) is 10.4 Å². The standard InChI is InChI=1S/C18H14N6O2/c19-9-12-10-22-24(16(12)20)13-7-5-11(6-8-13)18(26)23-15-4-2-1-3-14(15)17(21)25/h1-8,10H,20H2,(H2,21,25)(H,23,26). The molecule has 5 N–H and O–H groups in total. The van der Waals surface area contributed by atoms with Crippen molar-refractivity contribution in [2.75, 3.05) is 11.1 Å². The lowest BCUT2D eigenvalue weighted by molar-refractivity contribution is 0.100. The van der Waals surface area contributed by atoms with Gasteiger partial charge in [0.15, 0.2) is 0 Å². The average Bonchev–Trinajstić information content (AvgIpc) is 3.02. The molecule has 0 saturated carbocycles. The second kappa shape index (κ2) is 6.78. The highest BCUT2D eigenvalue weighted by Crippen LogP contribution is 2.19. The number of anilines is 2. The number of carbonyl (C=O) groups is 2. The molecule has 0 radical (unpaired) electrons. The van der Waals surface area contributed by atoms with E-state index in [1.165, 1.54) is 16.9 Å². The normalized spacial score (nSPS) is 10.1. The van der Waals surface area contributed by atoms with E-state index in [1.54, 1.807) is 42.5 Å². The summed E-state index contributed by atoms with van der Waals surface area (Å²) in [6, 6.07) is 14.9. The smallest absolute Gasteiger partial charge is 0.255 e. The summed E-state index contributed by atoms with van der Waals surface area (Å²) < 4.78 is 1.41. The summed E-state index contributed by atoms with van der Waals surface area (Å²) in [4.78, 5) is 23.8. The fraction of sp³-hybridized carbons (Fsp3) is 0. The predicted molar refractivity (Wildman–Crippen MR) is 95.6 cm³/mol. The van der Waals surface area contributed by atoms with Crippen LogP contribution in [0, 0.1) is 11.3 Å². The molecule has 2 aromatic carbocycles. The van der Waals surface area contributed by atoms with Crippen LogP contribution in [0.4, 0.5) is 11.5 Å². The number of nitrogens with zero attached hydrogens (tertiary/aromatic N) is 3. The molecule has 0 atom stereocenters. The number of nitrogen functional groups attached to an aromatic ring is 1. The molecule has 0 aliphatic rings. The molecular formula is C18H14N6O2. The Morgan fingerprint density at radius 1 is 1.12 bits per heavy atom. The van der Waals surface area contributed by atoms with Crippen molar-refractivity contribution >= 4 is 23.3 Å². The summed E-state index contributed by atoms with van der Waals surface area (Å²) in [6.45, 7) is 0. The number of nitrogens with two attached hydrogens (primary N) is 2. The van der Waals surface area contributed by atoms with E-state index in [2.05, 4.69) is 10.4 Å². The Labute approximate surface area is 148 Å². The Morgan fingerprint density at radius 2 is 1.81 bits per heavy atom. The van der Waals surface area contributed by atoms with Gasteiger partial charge in [0.25, 0.3) is 11.8 Å². The molecule has 26 heavy (non-hydrogen) atoms. The maximum Gasteiger partial charge on any atom is 0.255 e. The van der Waals surface area contributed by atoms with E-state index >= 15 is 0 Å². The SMILES string of the molecule is N#Cc1cnn(-c2ccc(C(=O)Nc3ccccc3C(N)=O)cc2)c1N. The third-order valence-electron chi connectivity index (χ3n) is 3.74.